The number of fused-ring (bicyclic) bond motifs is 1. The zero-order valence-electron chi connectivity index (χ0n) is 25.7. The van der Waals surface area contributed by atoms with Crippen molar-refractivity contribution in [3.63, 3.8) is 0 Å². The van der Waals surface area contributed by atoms with Crippen LogP contribution in [0, 0.1) is 11.6 Å². The number of nitrogens with one attached hydrogen (secondary N) is 2. The van der Waals surface area contributed by atoms with Crippen LogP contribution in [-0.4, -0.2) is 96.0 Å². The Hall–Kier alpha value is -4.61. The number of carbonyl (C=O) groups is 2. The normalized spacial score (nSPS) is 12.0. The molecule has 0 fully saturated rings. The third-order valence-corrected chi connectivity index (χ3v) is 8.80. The Morgan fingerprint density at radius 3 is 2.21 bits per heavy atom. The monoisotopic (exact) mass is 682 g/mol. The van der Waals surface area contributed by atoms with Gasteiger partial charge in [-0.2, -0.15) is 18.3 Å². The number of nitrogens with zero attached hydrogens (tertiary/aromatic N) is 4. The highest BCUT2D eigenvalue weighted by atomic mass is 32.2. The van der Waals surface area contributed by atoms with E-state index < -0.39 is 50.9 Å². The minimum absolute atomic E-state index is 0.0699. The van der Waals surface area contributed by atoms with Crippen molar-refractivity contribution in [2.45, 2.75) is 16.0 Å². The van der Waals surface area contributed by atoms with Crippen LogP contribution in [-0.2, 0) is 19.4 Å². The summed E-state index contributed by atoms with van der Waals surface area (Å²) < 4.78 is 100. The van der Waals surface area contributed by atoms with Crippen molar-refractivity contribution in [2.24, 2.45) is 0 Å². The van der Waals surface area contributed by atoms with E-state index in [-0.39, 0.29) is 39.5 Å². The van der Waals surface area contributed by atoms with Crippen molar-refractivity contribution in [1.29, 1.82) is 0 Å². The SMILES string of the molecule is COCCN(C(=O)C(F)(F)F)c1cc(N(C)CCN(C)C)ccc1C(=O)Nc1n[nH]c2ccc(S(=O)(=O)c3cc(F)cc(F)c3)cc12. The summed E-state index contributed by atoms with van der Waals surface area (Å²) in [6.07, 6.45) is -5.28. The van der Waals surface area contributed by atoms with Crippen LogP contribution in [0.1, 0.15) is 10.4 Å². The second-order valence-electron chi connectivity index (χ2n) is 10.7. The highest BCUT2D eigenvalue weighted by molar-refractivity contribution is 7.91. The van der Waals surface area contributed by atoms with Gasteiger partial charge in [0, 0.05) is 50.9 Å². The molecule has 47 heavy (non-hydrogen) atoms. The van der Waals surface area contributed by atoms with Crippen LogP contribution in [0.2, 0.25) is 0 Å². The van der Waals surface area contributed by atoms with Crippen LogP contribution in [0.4, 0.5) is 39.1 Å². The van der Waals surface area contributed by atoms with Crippen LogP contribution in [0.3, 0.4) is 0 Å². The molecule has 2 amide bonds. The average molecular weight is 683 g/mol. The predicted molar refractivity (Wildman–Crippen MR) is 164 cm³/mol. The Balaban J connectivity index is 1.77. The molecule has 0 aliphatic carbocycles. The number of methoxy groups -OCH3 is 1. The lowest BCUT2D eigenvalue weighted by molar-refractivity contribution is -0.170. The number of carbonyl (C=O) groups excluding carboxylic acids is 2. The molecule has 1 aromatic heterocycles. The van der Waals surface area contributed by atoms with E-state index in [4.69, 9.17) is 4.74 Å². The number of hydrogen-bond acceptors (Lipinski definition) is 8. The number of rotatable bonds is 12. The van der Waals surface area contributed by atoms with Gasteiger partial charge < -0.3 is 24.8 Å². The fraction of sp³-hybridized carbons (Fsp3) is 0.300. The Bertz CT molecular complexity index is 1880. The van der Waals surface area contributed by atoms with E-state index in [1.807, 2.05) is 19.0 Å². The second-order valence-corrected chi connectivity index (χ2v) is 12.7. The summed E-state index contributed by atoms with van der Waals surface area (Å²) in [5.41, 5.74) is 0.00678. The molecule has 252 valence electrons. The van der Waals surface area contributed by atoms with Gasteiger partial charge in [-0.25, -0.2) is 17.2 Å². The predicted octanol–water partition coefficient (Wildman–Crippen LogP) is 4.47. The Kier molecular flexibility index (Phi) is 10.5. The molecule has 0 aliphatic heterocycles. The van der Waals surface area contributed by atoms with E-state index in [0.29, 0.717) is 41.9 Å². The van der Waals surface area contributed by atoms with Crippen LogP contribution < -0.4 is 15.1 Å². The largest absolute Gasteiger partial charge is 0.471 e. The summed E-state index contributed by atoms with van der Waals surface area (Å²) >= 11 is 0. The van der Waals surface area contributed by atoms with Gasteiger partial charge in [0.2, 0.25) is 9.84 Å². The number of aromatic amines is 1. The van der Waals surface area contributed by atoms with Gasteiger partial charge in [0.05, 0.1) is 33.2 Å². The first-order valence-electron chi connectivity index (χ1n) is 13.9. The number of hydrogen-bond donors (Lipinski definition) is 2. The Morgan fingerprint density at radius 2 is 1.60 bits per heavy atom. The number of sulfone groups is 1. The first-order chi connectivity index (χ1) is 22.0. The maximum atomic E-state index is 13.8. The van der Waals surface area contributed by atoms with Gasteiger partial charge in [-0.1, -0.05) is 0 Å². The lowest BCUT2D eigenvalue weighted by Crippen LogP contribution is -2.44. The fourth-order valence-electron chi connectivity index (χ4n) is 4.57. The highest BCUT2D eigenvalue weighted by Gasteiger charge is 2.44. The topological polar surface area (TPSA) is 128 Å². The molecule has 11 nitrogen and oxygen atoms in total. The fourth-order valence-corrected chi connectivity index (χ4v) is 5.90. The molecule has 0 saturated carbocycles. The molecule has 4 rings (SSSR count). The molecule has 0 unspecified atom stereocenters. The summed E-state index contributed by atoms with van der Waals surface area (Å²) in [5.74, 6) is -5.58. The number of ether oxygens (including phenoxy) is 1. The van der Waals surface area contributed by atoms with E-state index in [1.165, 1.54) is 37.4 Å². The van der Waals surface area contributed by atoms with E-state index >= 15 is 0 Å². The maximum absolute atomic E-state index is 13.8. The molecule has 3 aromatic carbocycles. The van der Waals surface area contributed by atoms with Gasteiger partial charge in [-0.3, -0.25) is 14.7 Å². The molecular weight excluding hydrogens is 651 g/mol. The first-order valence-corrected chi connectivity index (χ1v) is 15.4. The third-order valence-electron chi connectivity index (χ3n) is 7.07. The van der Waals surface area contributed by atoms with Gasteiger partial charge in [0.15, 0.2) is 5.82 Å². The number of aromatic nitrogens is 2. The number of amides is 2. The molecule has 17 heteroatoms. The zero-order valence-corrected chi connectivity index (χ0v) is 26.5. The lowest BCUT2D eigenvalue weighted by Gasteiger charge is -2.28. The molecule has 0 bridgehead atoms. The van der Waals surface area contributed by atoms with Crippen molar-refractivity contribution in [3.8, 4) is 0 Å². The van der Waals surface area contributed by atoms with Crippen molar-refractivity contribution in [2.75, 3.05) is 69.6 Å². The Morgan fingerprint density at radius 1 is 0.915 bits per heavy atom. The van der Waals surface area contributed by atoms with Crippen molar-refractivity contribution in [1.82, 2.24) is 15.1 Å². The lowest BCUT2D eigenvalue weighted by atomic mass is 10.1. The van der Waals surface area contributed by atoms with Crippen molar-refractivity contribution < 1.29 is 44.7 Å². The molecule has 0 spiro atoms. The summed E-state index contributed by atoms with van der Waals surface area (Å²) in [4.78, 5) is 29.3. The molecule has 0 radical (unpaired) electrons. The summed E-state index contributed by atoms with van der Waals surface area (Å²) in [5, 5.41) is 9.16. The summed E-state index contributed by atoms with van der Waals surface area (Å²) in [6.45, 7) is 0.254. The molecule has 0 atom stereocenters. The van der Waals surface area contributed by atoms with Crippen LogP contribution in [0.15, 0.2) is 64.4 Å². The number of anilines is 3. The quantitative estimate of drug-likeness (QED) is 0.210. The van der Waals surface area contributed by atoms with E-state index in [1.54, 1.807) is 11.9 Å². The smallest absolute Gasteiger partial charge is 0.383 e. The maximum Gasteiger partial charge on any atom is 0.471 e. The molecule has 2 N–H and O–H groups in total. The van der Waals surface area contributed by atoms with Crippen LogP contribution in [0.5, 0.6) is 0 Å². The van der Waals surface area contributed by atoms with Crippen molar-refractivity contribution >= 4 is 49.7 Å². The van der Waals surface area contributed by atoms with Gasteiger partial charge in [0.1, 0.15) is 11.6 Å². The average Bonchev–Trinajstić information content (AvgIpc) is 3.40. The second kappa shape index (κ2) is 14.0. The number of H-pyrrole nitrogens is 1. The molecular formula is C30H31F5N6O5S. The van der Waals surface area contributed by atoms with E-state index in [0.717, 1.165) is 6.07 Å². The zero-order chi connectivity index (χ0) is 34.7. The number of halogens is 5. The summed E-state index contributed by atoms with van der Waals surface area (Å²) in [6, 6.07) is 9.49. The van der Waals surface area contributed by atoms with E-state index in [2.05, 4.69) is 15.5 Å². The van der Waals surface area contributed by atoms with Gasteiger partial charge >= 0.3 is 12.1 Å². The van der Waals surface area contributed by atoms with E-state index in [9.17, 15) is 40.0 Å². The van der Waals surface area contributed by atoms with Crippen LogP contribution in [0.25, 0.3) is 10.9 Å². The molecule has 4 aromatic rings. The van der Waals surface area contributed by atoms with Gasteiger partial charge in [-0.05, 0) is 62.6 Å². The standard InChI is InChI=1S/C30H31F5N6O5S/c1-39(2)9-10-40(3)20-5-7-23(26(16-20)41(11-12-46-4)29(43)30(33,34)35)28(42)36-27-24-17-21(6-8-25(24)37-38-27)47(44,45)22-14-18(31)13-19(32)15-22/h5-8,13-17H,9-12H2,1-4H3,(H2,36,37,38,42). The van der Waals surface area contributed by atoms with Crippen LogP contribution >= 0.6 is 0 Å². The number of likely N-dealkylation sites (N-methyl/N-ethyl adjacent to an activating group) is 2. The van der Waals surface area contributed by atoms with Crippen molar-refractivity contribution in [3.05, 3.63) is 71.8 Å². The first kappa shape index (κ1) is 35.2. The summed E-state index contributed by atoms with van der Waals surface area (Å²) in [7, 11) is 2.21. The van der Waals surface area contributed by atoms with Gasteiger partial charge in [-0.15, -0.1) is 0 Å². The van der Waals surface area contributed by atoms with Gasteiger partial charge in [0.25, 0.3) is 5.91 Å². The Labute approximate surface area is 266 Å². The molecule has 0 saturated heterocycles. The minimum Gasteiger partial charge on any atom is -0.383 e. The highest BCUT2D eigenvalue weighted by Crippen LogP contribution is 2.33. The number of benzene rings is 3. The third kappa shape index (κ3) is 8.04. The molecule has 0 aliphatic rings. The minimum atomic E-state index is -5.28. The number of alkyl halides is 3. The molecule has 1 heterocycles.